The second-order valence-electron chi connectivity index (χ2n) is 5.39. The molecule has 1 unspecified atom stereocenters. The van der Waals surface area contributed by atoms with Gasteiger partial charge in [-0.25, -0.2) is 0 Å². The summed E-state index contributed by atoms with van der Waals surface area (Å²) in [4.78, 5) is 11.1. The maximum Gasteiger partial charge on any atom is 0.463 e. The lowest BCUT2D eigenvalue weighted by Crippen LogP contribution is -2.41. The Morgan fingerprint density at radius 2 is 1.80 bits per heavy atom. The van der Waals surface area contributed by atoms with Gasteiger partial charge in [0.1, 0.15) is 0 Å². The third kappa shape index (κ3) is 1.78. The maximum absolute atomic E-state index is 11.1. The van der Waals surface area contributed by atoms with Crippen molar-refractivity contribution >= 4 is 13.0 Å². The van der Waals surface area contributed by atoms with E-state index in [1.165, 1.54) is 0 Å². The Morgan fingerprint density at radius 1 is 1.27 bits per heavy atom. The number of hydrogen-bond acceptors (Lipinski definition) is 3. The summed E-state index contributed by atoms with van der Waals surface area (Å²) in [6.07, 6.45) is 0.511. The Balaban J connectivity index is 2.06. The van der Waals surface area contributed by atoms with Crippen molar-refractivity contribution in [2.75, 3.05) is 6.54 Å². The largest absolute Gasteiger partial charge is 0.463 e. The number of rotatable bonds is 1. The molecule has 2 aliphatic rings. The second-order valence-corrected chi connectivity index (χ2v) is 5.39. The van der Waals surface area contributed by atoms with E-state index in [4.69, 9.17) is 9.31 Å². The highest BCUT2D eigenvalue weighted by Gasteiger charge is 2.54. The molecule has 1 atom stereocenters. The average Bonchev–Trinajstić information content (AvgIpc) is 2.56. The van der Waals surface area contributed by atoms with Crippen LogP contribution in [0.4, 0.5) is 0 Å². The van der Waals surface area contributed by atoms with Crippen LogP contribution in [0.2, 0.25) is 5.82 Å². The summed E-state index contributed by atoms with van der Waals surface area (Å²) < 4.78 is 11.8. The van der Waals surface area contributed by atoms with Crippen LogP contribution in [0, 0.1) is 0 Å². The molecule has 0 saturated carbocycles. The summed E-state index contributed by atoms with van der Waals surface area (Å²) in [6, 6.07) is 0. The normalized spacial score (nSPS) is 33.2. The van der Waals surface area contributed by atoms with Crippen LogP contribution in [-0.4, -0.2) is 30.8 Å². The molecule has 2 fully saturated rings. The quantitative estimate of drug-likeness (QED) is 0.657. The SMILES string of the molecule is CC1(C)OB(C2CNC(=O)C2)OC1(C)C. The van der Waals surface area contributed by atoms with Crippen LogP contribution in [0.25, 0.3) is 0 Å². The van der Waals surface area contributed by atoms with Crippen LogP contribution in [0.15, 0.2) is 0 Å². The molecule has 0 bridgehead atoms. The van der Waals surface area contributed by atoms with Gasteiger partial charge in [-0.3, -0.25) is 4.79 Å². The van der Waals surface area contributed by atoms with Crippen molar-refractivity contribution in [2.24, 2.45) is 0 Å². The van der Waals surface area contributed by atoms with Gasteiger partial charge in [0.25, 0.3) is 0 Å². The van der Waals surface area contributed by atoms with Crippen molar-refractivity contribution in [3.05, 3.63) is 0 Å². The fourth-order valence-corrected chi connectivity index (χ4v) is 1.90. The van der Waals surface area contributed by atoms with Gasteiger partial charge in [-0.15, -0.1) is 0 Å². The topological polar surface area (TPSA) is 47.6 Å². The minimum absolute atomic E-state index is 0.0923. The fourth-order valence-electron chi connectivity index (χ4n) is 1.90. The Kier molecular flexibility index (Phi) is 2.35. The molecular weight excluding hydrogens is 193 g/mol. The van der Waals surface area contributed by atoms with E-state index in [1.807, 2.05) is 27.7 Å². The molecule has 1 amide bonds. The van der Waals surface area contributed by atoms with E-state index in [9.17, 15) is 4.79 Å². The number of hydrogen-bond donors (Lipinski definition) is 1. The summed E-state index contributed by atoms with van der Waals surface area (Å²) in [7, 11) is -0.256. The summed E-state index contributed by atoms with van der Waals surface area (Å²) in [5.41, 5.74) is -0.605. The Labute approximate surface area is 90.8 Å². The van der Waals surface area contributed by atoms with Gasteiger partial charge in [-0.2, -0.15) is 0 Å². The first-order chi connectivity index (χ1) is 6.82. The van der Waals surface area contributed by atoms with E-state index in [1.54, 1.807) is 0 Å². The first-order valence-corrected chi connectivity index (χ1v) is 5.44. The van der Waals surface area contributed by atoms with E-state index in [0.29, 0.717) is 13.0 Å². The maximum atomic E-state index is 11.1. The van der Waals surface area contributed by atoms with Gasteiger partial charge in [0, 0.05) is 18.8 Å². The molecule has 0 radical (unpaired) electrons. The second kappa shape index (κ2) is 3.22. The monoisotopic (exact) mass is 211 g/mol. The molecule has 0 aliphatic carbocycles. The molecule has 0 aromatic carbocycles. The number of amides is 1. The molecular formula is C10H18BNO3. The lowest BCUT2D eigenvalue weighted by atomic mass is 9.71. The summed E-state index contributed by atoms with van der Waals surface area (Å²) in [5, 5.41) is 2.80. The molecule has 2 rings (SSSR count). The van der Waals surface area contributed by atoms with E-state index in [0.717, 1.165) is 0 Å². The molecule has 5 heteroatoms. The predicted octanol–water partition coefficient (Wildman–Crippen LogP) is 0.969. The Bertz CT molecular complexity index is 274. The molecule has 0 aromatic heterocycles. The third-order valence-electron chi connectivity index (χ3n) is 3.67. The van der Waals surface area contributed by atoms with Gasteiger partial charge in [0.15, 0.2) is 0 Å². The van der Waals surface area contributed by atoms with Crippen molar-refractivity contribution < 1.29 is 14.1 Å². The lowest BCUT2D eigenvalue weighted by Gasteiger charge is -2.32. The number of carbonyl (C=O) groups is 1. The summed E-state index contributed by atoms with van der Waals surface area (Å²) in [6.45, 7) is 8.76. The van der Waals surface area contributed by atoms with Crippen LogP contribution in [0.1, 0.15) is 34.1 Å². The predicted molar refractivity (Wildman–Crippen MR) is 57.5 cm³/mol. The Hall–Kier alpha value is -0.545. The molecule has 0 aromatic rings. The van der Waals surface area contributed by atoms with Gasteiger partial charge in [-0.1, -0.05) is 0 Å². The fraction of sp³-hybridized carbons (Fsp3) is 0.900. The van der Waals surface area contributed by atoms with E-state index in [-0.39, 0.29) is 30.0 Å². The van der Waals surface area contributed by atoms with Gasteiger partial charge < -0.3 is 14.6 Å². The van der Waals surface area contributed by atoms with Crippen LogP contribution in [0.5, 0.6) is 0 Å². The van der Waals surface area contributed by atoms with Gasteiger partial charge in [0.05, 0.1) is 11.2 Å². The zero-order valence-corrected chi connectivity index (χ0v) is 9.79. The molecule has 84 valence electrons. The molecule has 2 heterocycles. The van der Waals surface area contributed by atoms with Gasteiger partial charge >= 0.3 is 7.12 Å². The average molecular weight is 211 g/mol. The van der Waals surface area contributed by atoms with Crippen molar-refractivity contribution in [3.8, 4) is 0 Å². The first-order valence-electron chi connectivity index (χ1n) is 5.44. The third-order valence-corrected chi connectivity index (χ3v) is 3.67. The van der Waals surface area contributed by atoms with Crippen LogP contribution in [-0.2, 0) is 14.1 Å². The zero-order chi connectivity index (χ0) is 11.3. The van der Waals surface area contributed by atoms with Gasteiger partial charge in [-0.05, 0) is 27.7 Å². The van der Waals surface area contributed by atoms with Gasteiger partial charge in [0.2, 0.25) is 5.91 Å². The minimum Gasteiger partial charge on any atom is -0.403 e. The smallest absolute Gasteiger partial charge is 0.403 e. The minimum atomic E-state index is -0.302. The highest BCUT2D eigenvalue weighted by molar-refractivity contribution is 6.48. The van der Waals surface area contributed by atoms with E-state index in [2.05, 4.69) is 5.32 Å². The highest BCUT2D eigenvalue weighted by Crippen LogP contribution is 2.41. The zero-order valence-electron chi connectivity index (χ0n) is 9.79. The van der Waals surface area contributed by atoms with Crippen molar-refractivity contribution in [1.82, 2.24) is 5.32 Å². The van der Waals surface area contributed by atoms with Crippen LogP contribution >= 0.6 is 0 Å². The standard InChI is InChI=1S/C10H18BNO3/c1-9(2)10(3,4)15-11(14-9)7-5-8(13)12-6-7/h7H,5-6H2,1-4H3,(H,12,13). The lowest BCUT2D eigenvalue weighted by molar-refractivity contribution is -0.119. The molecule has 4 nitrogen and oxygen atoms in total. The molecule has 2 saturated heterocycles. The van der Waals surface area contributed by atoms with Crippen molar-refractivity contribution in [1.29, 1.82) is 0 Å². The van der Waals surface area contributed by atoms with Crippen molar-refractivity contribution in [3.63, 3.8) is 0 Å². The Morgan fingerprint density at radius 3 is 2.20 bits per heavy atom. The first kappa shape index (κ1) is 11.0. The summed E-state index contributed by atoms with van der Waals surface area (Å²) in [5.74, 6) is 0.244. The highest BCUT2D eigenvalue weighted by atomic mass is 16.7. The molecule has 0 spiro atoms. The molecule has 1 N–H and O–H groups in total. The summed E-state index contributed by atoms with van der Waals surface area (Å²) >= 11 is 0. The number of carbonyl (C=O) groups excluding carboxylic acids is 1. The molecule has 15 heavy (non-hydrogen) atoms. The molecule has 2 aliphatic heterocycles. The van der Waals surface area contributed by atoms with Crippen molar-refractivity contribution in [2.45, 2.75) is 51.1 Å². The van der Waals surface area contributed by atoms with E-state index >= 15 is 0 Å². The van der Waals surface area contributed by atoms with Crippen LogP contribution in [0.3, 0.4) is 0 Å². The number of nitrogens with one attached hydrogen (secondary N) is 1. The van der Waals surface area contributed by atoms with Crippen LogP contribution < -0.4 is 5.32 Å². The van der Waals surface area contributed by atoms with E-state index < -0.39 is 0 Å².